The van der Waals surface area contributed by atoms with Gasteiger partial charge in [0.15, 0.2) is 0 Å². The van der Waals surface area contributed by atoms with Gasteiger partial charge in [-0.1, -0.05) is 6.07 Å². The highest BCUT2D eigenvalue weighted by molar-refractivity contribution is 5.72. The fourth-order valence-corrected chi connectivity index (χ4v) is 1.51. The summed E-state index contributed by atoms with van der Waals surface area (Å²) in [5, 5.41) is 9.93. The zero-order chi connectivity index (χ0) is 12.3. The minimum absolute atomic E-state index is 0.415. The summed E-state index contributed by atoms with van der Waals surface area (Å²) >= 11 is 0. The number of aliphatic hydroxyl groups is 1. The van der Waals surface area contributed by atoms with Crippen molar-refractivity contribution < 1.29 is 19.0 Å². The second-order valence-corrected chi connectivity index (χ2v) is 3.76. The Morgan fingerprint density at radius 1 is 1.50 bits per heavy atom. The molecular weight excluding hydrogens is 211 g/mol. The minimum Gasteiger partial charge on any atom is -0.469 e. The highest BCUT2D eigenvalue weighted by atomic mass is 19.1. The zero-order valence-corrected chi connectivity index (χ0v) is 9.53. The van der Waals surface area contributed by atoms with E-state index in [2.05, 4.69) is 4.74 Å². The number of carbonyl (C=O) groups is 1. The number of aliphatic hydroxyl groups excluding tert-OH is 1. The SMILES string of the molecule is COC(=O)C(C)C(O)c1cc(F)ccc1C. The summed E-state index contributed by atoms with van der Waals surface area (Å²) in [5.41, 5.74) is 1.16. The Bertz CT molecular complexity index is 390. The molecule has 0 bridgehead atoms. The molecule has 0 saturated carbocycles. The van der Waals surface area contributed by atoms with E-state index in [1.165, 1.54) is 19.2 Å². The predicted molar refractivity (Wildman–Crippen MR) is 57.3 cm³/mol. The Balaban J connectivity index is 2.99. The Morgan fingerprint density at radius 2 is 2.12 bits per heavy atom. The lowest BCUT2D eigenvalue weighted by Gasteiger charge is -2.18. The molecule has 2 unspecified atom stereocenters. The first kappa shape index (κ1) is 12.6. The van der Waals surface area contributed by atoms with Crippen molar-refractivity contribution in [3.63, 3.8) is 0 Å². The number of methoxy groups -OCH3 is 1. The molecule has 88 valence electrons. The molecule has 0 radical (unpaired) electrons. The molecule has 0 aliphatic heterocycles. The number of halogens is 1. The van der Waals surface area contributed by atoms with Crippen molar-refractivity contribution in [2.75, 3.05) is 7.11 Å². The highest BCUT2D eigenvalue weighted by Gasteiger charge is 2.25. The molecule has 1 aromatic carbocycles. The molecule has 0 aromatic heterocycles. The van der Waals surface area contributed by atoms with Crippen LogP contribution in [0.2, 0.25) is 0 Å². The Morgan fingerprint density at radius 3 is 2.69 bits per heavy atom. The highest BCUT2D eigenvalue weighted by Crippen LogP contribution is 2.26. The number of esters is 1. The van der Waals surface area contributed by atoms with Crippen LogP contribution in [-0.2, 0) is 9.53 Å². The Labute approximate surface area is 93.9 Å². The van der Waals surface area contributed by atoms with E-state index in [0.717, 1.165) is 5.56 Å². The summed E-state index contributed by atoms with van der Waals surface area (Å²) in [4.78, 5) is 11.2. The van der Waals surface area contributed by atoms with Gasteiger partial charge in [0.25, 0.3) is 0 Å². The van der Waals surface area contributed by atoms with Gasteiger partial charge in [-0.2, -0.15) is 0 Å². The molecule has 0 saturated heterocycles. The minimum atomic E-state index is -1.05. The number of rotatable bonds is 3. The van der Waals surface area contributed by atoms with Gasteiger partial charge in [0.2, 0.25) is 0 Å². The number of aryl methyl sites for hydroxylation is 1. The second kappa shape index (κ2) is 5.07. The Hall–Kier alpha value is -1.42. The molecule has 0 heterocycles. The predicted octanol–water partition coefficient (Wildman–Crippen LogP) is 1.98. The molecular formula is C12H15FO3. The molecule has 0 aliphatic rings. The monoisotopic (exact) mass is 226 g/mol. The molecule has 2 atom stereocenters. The third-order valence-electron chi connectivity index (χ3n) is 2.61. The van der Waals surface area contributed by atoms with E-state index in [4.69, 9.17) is 0 Å². The van der Waals surface area contributed by atoms with Crippen molar-refractivity contribution in [1.29, 1.82) is 0 Å². The maximum Gasteiger partial charge on any atom is 0.311 e. The van der Waals surface area contributed by atoms with Crippen LogP contribution >= 0.6 is 0 Å². The first-order chi connectivity index (χ1) is 7.47. The van der Waals surface area contributed by atoms with Gasteiger partial charge in [0.05, 0.1) is 19.1 Å². The van der Waals surface area contributed by atoms with Gasteiger partial charge in [-0.15, -0.1) is 0 Å². The fraction of sp³-hybridized carbons (Fsp3) is 0.417. The number of ether oxygens (including phenoxy) is 1. The Kier molecular flexibility index (Phi) is 4.01. The normalized spacial score (nSPS) is 14.3. The summed E-state index contributed by atoms with van der Waals surface area (Å²) in [6.07, 6.45) is -1.05. The van der Waals surface area contributed by atoms with Crippen LogP contribution < -0.4 is 0 Å². The summed E-state index contributed by atoms with van der Waals surface area (Å²) in [7, 11) is 1.25. The van der Waals surface area contributed by atoms with Gasteiger partial charge >= 0.3 is 5.97 Å². The van der Waals surface area contributed by atoms with E-state index >= 15 is 0 Å². The maximum atomic E-state index is 13.0. The number of carbonyl (C=O) groups excluding carboxylic acids is 1. The van der Waals surface area contributed by atoms with Crippen LogP contribution in [0.5, 0.6) is 0 Å². The van der Waals surface area contributed by atoms with Gasteiger partial charge in [-0.05, 0) is 37.1 Å². The molecule has 4 heteroatoms. The molecule has 16 heavy (non-hydrogen) atoms. The van der Waals surface area contributed by atoms with Crippen LogP contribution in [0.25, 0.3) is 0 Å². The topological polar surface area (TPSA) is 46.5 Å². The molecule has 1 rings (SSSR count). The van der Waals surface area contributed by atoms with E-state index in [1.807, 2.05) is 0 Å². The lowest BCUT2D eigenvalue weighted by atomic mass is 9.94. The number of hydrogen-bond donors (Lipinski definition) is 1. The largest absolute Gasteiger partial charge is 0.469 e. The van der Waals surface area contributed by atoms with E-state index in [9.17, 15) is 14.3 Å². The number of hydrogen-bond acceptors (Lipinski definition) is 3. The zero-order valence-electron chi connectivity index (χ0n) is 9.53. The van der Waals surface area contributed by atoms with E-state index in [1.54, 1.807) is 19.9 Å². The molecule has 1 aromatic rings. The third kappa shape index (κ3) is 2.58. The van der Waals surface area contributed by atoms with Gasteiger partial charge in [0.1, 0.15) is 5.82 Å². The lowest BCUT2D eigenvalue weighted by Crippen LogP contribution is -2.21. The van der Waals surface area contributed by atoms with Crippen molar-refractivity contribution in [2.45, 2.75) is 20.0 Å². The van der Waals surface area contributed by atoms with Crippen LogP contribution in [-0.4, -0.2) is 18.2 Å². The van der Waals surface area contributed by atoms with Crippen molar-refractivity contribution >= 4 is 5.97 Å². The fourth-order valence-electron chi connectivity index (χ4n) is 1.51. The molecule has 0 fully saturated rings. The number of benzene rings is 1. The van der Waals surface area contributed by atoms with E-state index in [-0.39, 0.29) is 0 Å². The van der Waals surface area contributed by atoms with E-state index in [0.29, 0.717) is 5.56 Å². The van der Waals surface area contributed by atoms with Crippen LogP contribution in [0, 0.1) is 18.7 Å². The molecule has 0 amide bonds. The molecule has 3 nitrogen and oxygen atoms in total. The van der Waals surface area contributed by atoms with Gasteiger partial charge < -0.3 is 9.84 Å². The van der Waals surface area contributed by atoms with Gasteiger partial charge in [0, 0.05) is 0 Å². The molecule has 0 aliphatic carbocycles. The quantitative estimate of drug-likeness (QED) is 0.801. The standard InChI is InChI=1S/C12H15FO3/c1-7-4-5-9(13)6-10(7)11(14)8(2)12(15)16-3/h4-6,8,11,14H,1-3H3. The summed E-state index contributed by atoms with van der Waals surface area (Å²) in [5.74, 6) is -1.67. The van der Waals surface area contributed by atoms with Crippen molar-refractivity contribution in [1.82, 2.24) is 0 Å². The first-order valence-corrected chi connectivity index (χ1v) is 4.99. The third-order valence-corrected chi connectivity index (χ3v) is 2.61. The lowest BCUT2D eigenvalue weighted by molar-refractivity contribution is -0.148. The first-order valence-electron chi connectivity index (χ1n) is 4.99. The summed E-state index contributed by atoms with van der Waals surface area (Å²) < 4.78 is 17.6. The molecule has 1 N–H and O–H groups in total. The van der Waals surface area contributed by atoms with Crippen molar-refractivity contribution in [3.8, 4) is 0 Å². The molecule has 0 spiro atoms. The van der Waals surface area contributed by atoms with E-state index < -0.39 is 23.8 Å². The van der Waals surface area contributed by atoms with Gasteiger partial charge in [-0.25, -0.2) is 4.39 Å². The van der Waals surface area contributed by atoms with Crippen LogP contribution in [0.15, 0.2) is 18.2 Å². The van der Waals surface area contributed by atoms with Crippen LogP contribution in [0.3, 0.4) is 0 Å². The van der Waals surface area contributed by atoms with Crippen LogP contribution in [0.1, 0.15) is 24.2 Å². The smallest absolute Gasteiger partial charge is 0.311 e. The van der Waals surface area contributed by atoms with Gasteiger partial charge in [-0.3, -0.25) is 4.79 Å². The van der Waals surface area contributed by atoms with Crippen molar-refractivity contribution in [2.24, 2.45) is 5.92 Å². The summed E-state index contributed by atoms with van der Waals surface area (Å²) in [6.45, 7) is 3.29. The summed E-state index contributed by atoms with van der Waals surface area (Å²) in [6, 6.07) is 4.12. The average Bonchev–Trinajstić information content (AvgIpc) is 2.29. The maximum absolute atomic E-state index is 13.0. The van der Waals surface area contributed by atoms with Crippen LogP contribution in [0.4, 0.5) is 4.39 Å². The second-order valence-electron chi connectivity index (χ2n) is 3.76. The average molecular weight is 226 g/mol. The van der Waals surface area contributed by atoms with Crippen molar-refractivity contribution in [3.05, 3.63) is 35.1 Å².